The molecular weight excluding hydrogens is 405 g/mol. The van der Waals surface area contributed by atoms with E-state index in [1.807, 2.05) is 22.9 Å². The molecule has 22 heavy (non-hydrogen) atoms. The average molecular weight is 421 g/mol. The van der Waals surface area contributed by atoms with Crippen LogP contribution < -0.4 is 14.2 Å². The molecule has 0 aliphatic rings. The minimum Gasteiger partial charge on any atom is -0.508 e. The van der Waals surface area contributed by atoms with E-state index in [1.54, 1.807) is 12.1 Å². The predicted octanol–water partition coefficient (Wildman–Crippen LogP) is -0.440. The van der Waals surface area contributed by atoms with Gasteiger partial charge in [0, 0.05) is 22.9 Å². The Labute approximate surface area is 140 Å². The quantitative estimate of drug-likeness (QED) is 0.286. The lowest BCUT2D eigenvalue weighted by Crippen LogP contribution is -2.46. The fourth-order valence-corrected chi connectivity index (χ4v) is 2.08. The van der Waals surface area contributed by atoms with Crippen molar-refractivity contribution in [2.75, 3.05) is 13.1 Å². The second-order valence-electron chi connectivity index (χ2n) is 4.42. The van der Waals surface area contributed by atoms with Crippen molar-refractivity contribution >= 4 is 40.6 Å². The van der Waals surface area contributed by atoms with Crippen LogP contribution in [-0.4, -0.2) is 47.1 Å². The standard InChI is InChI=1S/C13H16IN3O5/c14-17-10(5-8-1-3-9(18)4-2-8)13(22)16-6-11(19)15-7-12(20)21/h1-4,10,17-18H,5-7H2,(H,15,19)(H,16,22)(H,20,21)/t10-/m0/s1. The number of aromatic hydroxyl groups is 1. The van der Waals surface area contributed by atoms with Gasteiger partial charge in [0.2, 0.25) is 11.8 Å². The number of carbonyl (C=O) groups excluding carboxylic acids is 2. The third-order valence-electron chi connectivity index (χ3n) is 2.68. The molecule has 1 aromatic carbocycles. The number of rotatable bonds is 8. The highest BCUT2D eigenvalue weighted by Crippen LogP contribution is 2.11. The van der Waals surface area contributed by atoms with Gasteiger partial charge in [-0.1, -0.05) is 12.1 Å². The van der Waals surface area contributed by atoms with E-state index in [9.17, 15) is 19.5 Å². The van der Waals surface area contributed by atoms with Gasteiger partial charge in [0.1, 0.15) is 12.3 Å². The van der Waals surface area contributed by atoms with Crippen LogP contribution in [0, 0.1) is 0 Å². The molecule has 0 bridgehead atoms. The molecule has 5 N–H and O–H groups in total. The molecule has 0 aromatic heterocycles. The van der Waals surface area contributed by atoms with Gasteiger partial charge in [-0.2, -0.15) is 0 Å². The molecule has 1 aromatic rings. The van der Waals surface area contributed by atoms with Crippen molar-refractivity contribution < 1.29 is 24.6 Å². The van der Waals surface area contributed by atoms with E-state index in [0.29, 0.717) is 6.42 Å². The van der Waals surface area contributed by atoms with Crippen LogP contribution >= 0.6 is 22.9 Å². The van der Waals surface area contributed by atoms with Crippen molar-refractivity contribution in [3.8, 4) is 5.75 Å². The Balaban J connectivity index is 2.45. The van der Waals surface area contributed by atoms with E-state index >= 15 is 0 Å². The second kappa shape index (κ2) is 9.20. The highest BCUT2D eigenvalue weighted by molar-refractivity contribution is 14.1. The minimum absolute atomic E-state index is 0.141. The second-order valence-corrected chi connectivity index (χ2v) is 5.04. The maximum Gasteiger partial charge on any atom is 0.322 e. The van der Waals surface area contributed by atoms with E-state index in [-0.39, 0.29) is 18.2 Å². The maximum atomic E-state index is 12.0. The number of hydrogen-bond acceptors (Lipinski definition) is 5. The first kappa shape index (κ1) is 18.2. The first-order valence-electron chi connectivity index (χ1n) is 6.32. The lowest BCUT2D eigenvalue weighted by atomic mass is 10.1. The van der Waals surface area contributed by atoms with Crippen LogP contribution in [0.25, 0.3) is 0 Å². The summed E-state index contributed by atoms with van der Waals surface area (Å²) in [5, 5.41) is 22.2. The van der Waals surface area contributed by atoms with Crippen LogP contribution in [0.1, 0.15) is 5.56 Å². The first-order chi connectivity index (χ1) is 10.4. The summed E-state index contributed by atoms with van der Waals surface area (Å²) >= 11 is 1.84. The van der Waals surface area contributed by atoms with Crippen LogP contribution in [-0.2, 0) is 20.8 Å². The molecule has 0 saturated heterocycles. The molecule has 9 heteroatoms. The third kappa shape index (κ3) is 6.72. The molecular formula is C13H16IN3O5. The van der Waals surface area contributed by atoms with Crippen molar-refractivity contribution in [2.45, 2.75) is 12.5 Å². The van der Waals surface area contributed by atoms with E-state index in [0.717, 1.165) is 5.56 Å². The lowest BCUT2D eigenvalue weighted by molar-refractivity contribution is -0.137. The largest absolute Gasteiger partial charge is 0.508 e. The van der Waals surface area contributed by atoms with Gasteiger partial charge >= 0.3 is 5.97 Å². The Bertz CT molecular complexity index is 535. The molecule has 0 saturated carbocycles. The van der Waals surface area contributed by atoms with Gasteiger partial charge in [-0.25, -0.2) is 3.53 Å². The number of phenolic OH excluding ortho intramolecular Hbond substituents is 1. The zero-order chi connectivity index (χ0) is 16.5. The molecule has 8 nitrogen and oxygen atoms in total. The number of halogens is 1. The van der Waals surface area contributed by atoms with Gasteiger partial charge in [-0.15, -0.1) is 0 Å². The number of hydrogen-bond donors (Lipinski definition) is 5. The molecule has 0 aliphatic carbocycles. The van der Waals surface area contributed by atoms with Gasteiger partial charge in [-0.05, 0) is 24.1 Å². The predicted molar refractivity (Wildman–Crippen MR) is 86.4 cm³/mol. The molecule has 0 aliphatic heterocycles. The minimum atomic E-state index is -1.15. The maximum absolute atomic E-state index is 12.0. The highest BCUT2D eigenvalue weighted by atomic mass is 127. The number of benzene rings is 1. The lowest BCUT2D eigenvalue weighted by Gasteiger charge is -2.15. The summed E-state index contributed by atoms with van der Waals surface area (Å²) in [6, 6.07) is 5.89. The van der Waals surface area contributed by atoms with Gasteiger partial charge in [0.25, 0.3) is 0 Å². The van der Waals surface area contributed by atoms with Crippen LogP contribution in [0.4, 0.5) is 0 Å². The third-order valence-corrected chi connectivity index (χ3v) is 3.44. The Morgan fingerprint density at radius 1 is 1.09 bits per heavy atom. The van der Waals surface area contributed by atoms with E-state index in [1.165, 1.54) is 12.1 Å². The number of carbonyl (C=O) groups is 3. The van der Waals surface area contributed by atoms with Crippen LogP contribution in [0.2, 0.25) is 0 Å². The van der Waals surface area contributed by atoms with E-state index < -0.39 is 24.5 Å². The van der Waals surface area contributed by atoms with Gasteiger partial charge in [-0.3, -0.25) is 14.4 Å². The topological polar surface area (TPSA) is 128 Å². The van der Waals surface area contributed by atoms with E-state index in [4.69, 9.17) is 5.11 Å². The van der Waals surface area contributed by atoms with Crippen molar-refractivity contribution in [3.05, 3.63) is 29.8 Å². The monoisotopic (exact) mass is 421 g/mol. The fourth-order valence-electron chi connectivity index (χ4n) is 1.58. The zero-order valence-corrected chi connectivity index (χ0v) is 13.7. The fraction of sp³-hybridized carbons (Fsp3) is 0.308. The van der Waals surface area contributed by atoms with Crippen LogP contribution in [0.3, 0.4) is 0 Å². The Hall–Kier alpha value is -1.88. The zero-order valence-electron chi connectivity index (χ0n) is 11.5. The Morgan fingerprint density at radius 3 is 2.27 bits per heavy atom. The normalized spacial score (nSPS) is 11.5. The number of phenols is 1. The summed E-state index contributed by atoms with van der Waals surface area (Å²) in [5.41, 5.74) is 0.845. The summed E-state index contributed by atoms with van der Waals surface area (Å²) in [6.45, 7) is -0.785. The summed E-state index contributed by atoms with van der Waals surface area (Å²) in [7, 11) is 0. The SMILES string of the molecule is O=C(O)CNC(=O)CNC(=O)[C@H](Cc1ccc(O)cc1)NI. The number of carboxylic acids is 1. The molecule has 0 spiro atoms. The van der Waals surface area contributed by atoms with Gasteiger partial charge in [0.15, 0.2) is 0 Å². The molecule has 2 amide bonds. The number of amides is 2. The molecule has 120 valence electrons. The van der Waals surface area contributed by atoms with Crippen molar-refractivity contribution in [1.82, 2.24) is 14.2 Å². The molecule has 0 radical (unpaired) electrons. The molecule has 0 fully saturated rings. The first-order valence-corrected chi connectivity index (χ1v) is 7.40. The number of aliphatic carboxylic acids is 1. The molecule has 1 rings (SSSR count). The Kier molecular flexibility index (Phi) is 7.60. The summed E-state index contributed by atoms with van der Waals surface area (Å²) in [5.74, 6) is -1.97. The molecule has 0 unspecified atom stereocenters. The van der Waals surface area contributed by atoms with Crippen LogP contribution in [0.5, 0.6) is 5.75 Å². The van der Waals surface area contributed by atoms with Crippen molar-refractivity contribution in [2.24, 2.45) is 0 Å². The Morgan fingerprint density at radius 2 is 1.73 bits per heavy atom. The van der Waals surface area contributed by atoms with Crippen LogP contribution in [0.15, 0.2) is 24.3 Å². The highest BCUT2D eigenvalue weighted by Gasteiger charge is 2.18. The molecule has 0 heterocycles. The van der Waals surface area contributed by atoms with Crippen molar-refractivity contribution in [3.63, 3.8) is 0 Å². The summed E-state index contributed by atoms with van der Waals surface area (Å²) in [6.07, 6.45) is 0.381. The summed E-state index contributed by atoms with van der Waals surface area (Å²) < 4.78 is 2.81. The number of carboxylic acid groups (broad SMARTS) is 1. The van der Waals surface area contributed by atoms with Gasteiger partial charge in [0.05, 0.1) is 12.6 Å². The molecule has 1 atom stereocenters. The summed E-state index contributed by atoms with van der Waals surface area (Å²) in [4.78, 5) is 33.6. The van der Waals surface area contributed by atoms with E-state index in [2.05, 4.69) is 14.2 Å². The van der Waals surface area contributed by atoms with Crippen molar-refractivity contribution in [1.29, 1.82) is 0 Å². The average Bonchev–Trinajstić information content (AvgIpc) is 2.50. The smallest absolute Gasteiger partial charge is 0.322 e. The number of nitrogens with one attached hydrogen (secondary N) is 3. The van der Waals surface area contributed by atoms with Gasteiger partial charge < -0.3 is 20.8 Å².